The molecule has 0 spiro atoms. The number of anilines is 1. The van der Waals surface area contributed by atoms with Crippen LogP contribution in [-0.2, 0) is 0 Å². The monoisotopic (exact) mass is 148 g/mol. The van der Waals surface area contributed by atoms with Crippen LogP contribution < -0.4 is 5.73 Å². The molecule has 0 aromatic carbocycles. The first-order valence-electron chi connectivity index (χ1n) is 3.33. The predicted molar refractivity (Wildman–Crippen MR) is 42.1 cm³/mol. The van der Waals surface area contributed by atoms with Crippen molar-refractivity contribution in [2.45, 2.75) is 6.92 Å². The summed E-state index contributed by atoms with van der Waals surface area (Å²) in [6.45, 7) is 1.96. The third kappa shape index (κ3) is 0.920. The van der Waals surface area contributed by atoms with Crippen LogP contribution >= 0.6 is 0 Å². The van der Waals surface area contributed by atoms with Crippen molar-refractivity contribution in [2.24, 2.45) is 0 Å². The lowest BCUT2D eigenvalue weighted by molar-refractivity contribution is 0.933. The van der Waals surface area contributed by atoms with Crippen molar-refractivity contribution in [1.29, 1.82) is 0 Å². The Bertz CT molecular complexity index is 390. The second-order valence-corrected chi connectivity index (χ2v) is 2.50. The number of hydrogen-bond acceptors (Lipinski definition) is 3. The van der Waals surface area contributed by atoms with Gasteiger partial charge in [0.25, 0.3) is 0 Å². The number of nitrogens with two attached hydrogens (primary N) is 1. The quantitative estimate of drug-likeness (QED) is 0.595. The maximum atomic E-state index is 5.47. The van der Waals surface area contributed by atoms with Gasteiger partial charge in [-0.05, 0) is 12.5 Å². The van der Waals surface area contributed by atoms with E-state index in [0.29, 0.717) is 5.82 Å². The molecule has 0 fully saturated rings. The third-order valence-corrected chi connectivity index (χ3v) is 1.46. The van der Waals surface area contributed by atoms with Crippen LogP contribution in [0, 0.1) is 6.92 Å². The molecule has 0 saturated heterocycles. The van der Waals surface area contributed by atoms with E-state index in [9.17, 15) is 0 Å². The summed E-state index contributed by atoms with van der Waals surface area (Å²) in [5.74, 6) is 0.503. The van der Waals surface area contributed by atoms with Crippen molar-refractivity contribution >= 4 is 11.5 Å². The smallest absolute Gasteiger partial charge is 0.157 e. The molecule has 0 aliphatic carbocycles. The van der Waals surface area contributed by atoms with Gasteiger partial charge in [0.05, 0.1) is 0 Å². The summed E-state index contributed by atoms with van der Waals surface area (Å²) in [4.78, 5) is 4.12. The van der Waals surface area contributed by atoms with Crippen molar-refractivity contribution in [1.82, 2.24) is 14.6 Å². The van der Waals surface area contributed by atoms with Gasteiger partial charge >= 0.3 is 0 Å². The van der Waals surface area contributed by atoms with E-state index in [1.54, 1.807) is 16.8 Å². The van der Waals surface area contributed by atoms with E-state index in [-0.39, 0.29) is 0 Å². The van der Waals surface area contributed by atoms with E-state index in [1.165, 1.54) is 0 Å². The van der Waals surface area contributed by atoms with Crippen LogP contribution in [0.5, 0.6) is 0 Å². The fraction of sp³-hybridized carbons (Fsp3) is 0.143. The maximum Gasteiger partial charge on any atom is 0.157 e. The normalized spacial score (nSPS) is 10.6. The molecule has 0 aliphatic heterocycles. The maximum absolute atomic E-state index is 5.47. The number of aromatic nitrogens is 3. The van der Waals surface area contributed by atoms with Gasteiger partial charge in [0.2, 0.25) is 0 Å². The van der Waals surface area contributed by atoms with E-state index >= 15 is 0 Å². The highest BCUT2D eigenvalue weighted by Gasteiger charge is 1.97. The molecule has 56 valence electrons. The summed E-state index contributed by atoms with van der Waals surface area (Å²) in [7, 11) is 0. The third-order valence-electron chi connectivity index (χ3n) is 1.46. The summed E-state index contributed by atoms with van der Waals surface area (Å²) in [5, 5.41) is 4.01. The van der Waals surface area contributed by atoms with E-state index < -0.39 is 0 Å². The summed E-state index contributed by atoms with van der Waals surface area (Å²) >= 11 is 0. The van der Waals surface area contributed by atoms with Gasteiger partial charge < -0.3 is 5.73 Å². The Morgan fingerprint density at radius 3 is 3.18 bits per heavy atom. The lowest BCUT2D eigenvalue weighted by Crippen LogP contribution is -1.91. The molecule has 0 radical (unpaired) electrons. The molecule has 0 bridgehead atoms. The van der Waals surface area contributed by atoms with Gasteiger partial charge in [-0.1, -0.05) is 0 Å². The van der Waals surface area contributed by atoms with E-state index in [4.69, 9.17) is 5.73 Å². The number of fused-ring (bicyclic) bond motifs is 1. The molecular weight excluding hydrogens is 140 g/mol. The molecule has 2 aromatic heterocycles. The molecule has 4 nitrogen and oxygen atoms in total. The fourth-order valence-corrected chi connectivity index (χ4v) is 0.988. The topological polar surface area (TPSA) is 56.2 Å². The highest BCUT2D eigenvalue weighted by atomic mass is 15.3. The first kappa shape index (κ1) is 6.15. The van der Waals surface area contributed by atoms with Crippen LogP contribution in [0.3, 0.4) is 0 Å². The van der Waals surface area contributed by atoms with Crippen molar-refractivity contribution in [2.75, 3.05) is 5.73 Å². The van der Waals surface area contributed by atoms with Crippen molar-refractivity contribution in [3.8, 4) is 0 Å². The standard InChI is InChI=1S/C7H8N4/c1-5-3-9-7-2-6(8)10-11(7)4-5/h2-4H,1H3,(H2,8,10). The molecule has 0 aliphatic rings. The molecular formula is C7H8N4. The lowest BCUT2D eigenvalue weighted by atomic mass is 10.4. The lowest BCUT2D eigenvalue weighted by Gasteiger charge is -1.91. The van der Waals surface area contributed by atoms with E-state index in [0.717, 1.165) is 11.2 Å². The van der Waals surface area contributed by atoms with Gasteiger partial charge in [0.15, 0.2) is 5.65 Å². The number of rotatable bonds is 0. The molecule has 2 aromatic rings. The predicted octanol–water partition coefficient (Wildman–Crippen LogP) is 0.620. The van der Waals surface area contributed by atoms with Crippen LogP contribution in [0.1, 0.15) is 5.56 Å². The minimum absolute atomic E-state index is 0.503. The Hall–Kier alpha value is -1.58. The molecule has 11 heavy (non-hydrogen) atoms. The largest absolute Gasteiger partial charge is 0.382 e. The first-order valence-corrected chi connectivity index (χ1v) is 3.33. The van der Waals surface area contributed by atoms with Crippen molar-refractivity contribution in [3.63, 3.8) is 0 Å². The molecule has 0 unspecified atom stereocenters. The van der Waals surface area contributed by atoms with Crippen LogP contribution in [-0.4, -0.2) is 14.6 Å². The zero-order valence-corrected chi connectivity index (χ0v) is 6.15. The van der Waals surface area contributed by atoms with E-state index in [2.05, 4.69) is 10.1 Å². The fourth-order valence-electron chi connectivity index (χ4n) is 0.988. The minimum Gasteiger partial charge on any atom is -0.382 e. The second kappa shape index (κ2) is 1.95. The molecule has 0 atom stereocenters. The molecule has 4 heteroatoms. The SMILES string of the molecule is Cc1cnc2cc(N)nn2c1. The minimum atomic E-state index is 0.503. The van der Waals surface area contributed by atoms with Crippen molar-refractivity contribution in [3.05, 3.63) is 24.0 Å². The second-order valence-electron chi connectivity index (χ2n) is 2.50. The number of nitrogens with zero attached hydrogens (tertiary/aromatic N) is 3. The number of nitrogen functional groups attached to an aromatic ring is 1. The highest BCUT2D eigenvalue weighted by molar-refractivity contribution is 5.47. The van der Waals surface area contributed by atoms with E-state index in [1.807, 2.05) is 13.1 Å². The molecule has 2 N–H and O–H groups in total. The average Bonchev–Trinajstić information content (AvgIpc) is 2.27. The zero-order chi connectivity index (χ0) is 7.84. The van der Waals surface area contributed by atoms with Gasteiger partial charge in [-0.3, -0.25) is 0 Å². The van der Waals surface area contributed by atoms with Crippen molar-refractivity contribution < 1.29 is 0 Å². The molecule has 2 heterocycles. The Balaban J connectivity index is 2.82. The summed E-state index contributed by atoms with van der Waals surface area (Å²) < 4.78 is 1.67. The van der Waals surface area contributed by atoms with Gasteiger partial charge in [-0.2, -0.15) is 0 Å². The molecule has 0 saturated carbocycles. The highest BCUT2D eigenvalue weighted by Crippen LogP contribution is 2.04. The van der Waals surface area contributed by atoms with Crippen LogP contribution in [0.2, 0.25) is 0 Å². The average molecular weight is 148 g/mol. The van der Waals surface area contributed by atoms with Gasteiger partial charge in [0.1, 0.15) is 5.82 Å². The van der Waals surface area contributed by atoms with Crippen LogP contribution in [0.4, 0.5) is 5.82 Å². The van der Waals surface area contributed by atoms with Gasteiger partial charge in [0, 0.05) is 18.5 Å². The molecule has 0 amide bonds. The Kier molecular flexibility index (Phi) is 1.09. The van der Waals surface area contributed by atoms with Gasteiger partial charge in [-0.15, -0.1) is 5.10 Å². The number of aryl methyl sites for hydroxylation is 1. The summed E-state index contributed by atoms with van der Waals surface area (Å²) in [5.41, 5.74) is 7.32. The molecule has 2 rings (SSSR count). The van der Waals surface area contributed by atoms with Crippen LogP contribution in [0.15, 0.2) is 18.5 Å². The number of hydrogen-bond donors (Lipinski definition) is 1. The van der Waals surface area contributed by atoms with Gasteiger partial charge in [-0.25, -0.2) is 9.50 Å². The Morgan fingerprint density at radius 1 is 1.55 bits per heavy atom. The zero-order valence-electron chi connectivity index (χ0n) is 6.15. The Labute approximate surface area is 63.7 Å². The Morgan fingerprint density at radius 2 is 2.36 bits per heavy atom. The van der Waals surface area contributed by atoms with Crippen LogP contribution in [0.25, 0.3) is 5.65 Å². The first-order chi connectivity index (χ1) is 5.25. The summed E-state index contributed by atoms with van der Waals surface area (Å²) in [6.07, 6.45) is 3.68. The summed E-state index contributed by atoms with van der Waals surface area (Å²) in [6, 6.07) is 1.74.